The van der Waals surface area contributed by atoms with E-state index in [1.54, 1.807) is 25.1 Å². The van der Waals surface area contributed by atoms with Crippen molar-refractivity contribution in [1.29, 1.82) is 0 Å². The molecule has 0 aliphatic heterocycles. The molecule has 6 heteroatoms. The van der Waals surface area contributed by atoms with Gasteiger partial charge in [-0.25, -0.2) is 15.1 Å². The van der Waals surface area contributed by atoms with Crippen molar-refractivity contribution in [3.63, 3.8) is 0 Å². The van der Waals surface area contributed by atoms with Gasteiger partial charge in [0.15, 0.2) is 0 Å². The Kier molecular flexibility index (Phi) is 4.19. The Balaban J connectivity index is 3.25. The molecule has 0 aromatic heterocycles. The Morgan fingerprint density at radius 1 is 1.24 bits per heavy atom. The van der Waals surface area contributed by atoms with E-state index in [0.717, 1.165) is 0 Å². The summed E-state index contributed by atoms with van der Waals surface area (Å²) in [5.74, 6) is -3.17. The SMILES string of the molecule is CCNOC(C(=O)O)(C(=O)O)c1ccccc1. The first-order valence-corrected chi connectivity index (χ1v) is 4.99. The summed E-state index contributed by atoms with van der Waals surface area (Å²) in [5, 5.41) is 18.3. The van der Waals surface area contributed by atoms with Crippen molar-refractivity contribution in [2.24, 2.45) is 0 Å². The molecular weight excluding hydrogens is 226 g/mol. The first-order valence-electron chi connectivity index (χ1n) is 4.99. The molecule has 1 rings (SSSR count). The number of aliphatic carboxylic acids is 2. The molecule has 0 unspecified atom stereocenters. The lowest BCUT2D eigenvalue weighted by molar-refractivity contribution is -0.196. The summed E-state index contributed by atoms with van der Waals surface area (Å²) >= 11 is 0. The Labute approximate surface area is 97.8 Å². The lowest BCUT2D eigenvalue weighted by Gasteiger charge is -2.24. The average molecular weight is 239 g/mol. The zero-order chi connectivity index (χ0) is 12.9. The maximum atomic E-state index is 11.2. The monoisotopic (exact) mass is 239 g/mol. The van der Waals surface area contributed by atoms with E-state index in [1.165, 1.54) is 12.1 Å². The second-order valence-corrected chi connectivity index (χ2v) is 3.26. The average Bonchev–Trinajstić information content (AvgIpc) is 2.30. The Morgan fingerprint density at radius 2 is 1.76 bits per heavy atom. The molecule has 0 saturated carbocycles. The number of carbonyl (C=O) groups is 2. The van der Waals surface area contributed by atoms with Gasteiger partial charge in [0.1, 0.15) is 0 Å². The van der Waals surface area contributed by atoms with Crippen molar-refractivity contribution in [3.8, 4) is 0 Å². The first-order chi connectivity index (χ1) is 8.05. The van der Waals surface area contributed by atoms with Crippen molar-refractivity contribution in [1.82, 2.24) is 5.48 Å². The maximum absolute atomic E-state index is 11.2. The highest BCUT2D eigenvalue weighted by Crippen LogP contribution is 2.25. The van der Waals surface area contributed by atoms with E-state index in [-0.39, 0.29) is 12.1 Å². The zero-order valence-corrected chi connectivity index (χ0v) is 9.21. The molecule has 0 atom stereocenters. The summed E-state index contributed by atoms with van der Waals surface area (Å²) in [5.41, 5.74) is -0.102. The number of hydroxylamine groups is 1. The molecule has 0 aliphatic carbocycles. The molecular formula is C11H13NO5. The lowest BCUT2D eigenvalue weighted by atomic mass is 9.94. The van der Waals surface area contributed by atoms with Crippen LogP contribution in [0.15, 0.2) is 30.3 Å². The van der Waals surface area contributed by atoms with Crippen molar-refractivity contribution in [3.05, 3.63) is 35.9 Å². The van der Waals surface area contributed by atoms with Crippen molar-refractivity contribution in [2.75, 3.05) is 6.54 Å². The molecule has 1 aromatic carbocycles. The van der Waals surface area contributed by atoms with Crippen LogP contribution in [0.4, 0.5) is 0 Å². The summed E-state index contributed by atoms with van der Waals surface area (Å²) in [4.78, 5) is 27.3. The number of nitrogens with one attached hydrogen (secondary N) is 1. The van der Waals surface area contributed by atoms with Gasteiger partial charge < -0.3 is 10.2 Å². The number of rotatable bonds is 6. The predicted octanol–water partition coefficient (Wildman–Crippen LogP) is 0.592. The molecule has 0 bridgehead atoms. The Hall–Kier alpha value is -1.92. The van der Waals surface area contributed by atoms with E-state index < -0.39 is 17.5 Å². The van der Waals surface area contributed by atoms with Crippen LogP contribution in [0.3, 0.4) is 0 Å². The minimum Gasteiger partial charge on any atom is -0.478 e. The van der Waals surface area contributed by atoms with E-state index in [1.807, 2.05) is 0 Å². The molecule has 0 radical (unpaired) electrons. The van der Waals surface area contributed by atoms with Crippen LogP contribution >= 0.6 is 0 Å². The summed E-state index contributed by atoms with van der Waals surface area (Å²) in [7, 11) is 0. The van der Waals surface area contributed by atoms with Gasteiger partial charge in [0.25, 0.3) is 0 Å². The Morgan fingerprint density at radius 3 is 2.18 bits per heavy atom. The van der Waals surface area contributed by atoms with Crippen LogP contribution < -0.4 is 5.48 Å². The number of carboxylic acids is 2. The van der Waals surface area contributed by atoms with Crippen molar-refractivity contribution < 1.29 is 24.6 Å². The molecule has 0 aliphatic rings. The third-order valence-corrected chi connectivity index (χ3v) is 2.15. The molecule has 0 spiro atoms. The number of hydrogen-bond acceptors (Lipinski definition) is 4. The Bertz CT molecular complexity index is 390. The van der Waals surface area contributed by atoms with Gasteiger partial charge in [-0.1, -0.05) is 37.3 Å². The standard InChI is InChI=1S/C11H13NO5/c1-2-12-17-11(9(13)14,10(15)16)8-6-4-3-5-7-8/h3-7,12H,2H2,1H3,(H,13,14)(H,15,16). The molecule has 0 fully saturated rings. The highest BCUT2D eigenvalue weighted by Gasteiger charge is 2.50. The smallest absolute Gasteiger partial charge is 0.354 e. The van der Waals surface area contributed by atoms with Crippen LogP contribution in [0, 0.1) is 0 Å². The van der Waals surface area contributed by atoms with Gasteiger partial charge >= 0.3 is 17.5 Å². The summed E-state index contributed by atoms with van der Waals surface area (Å²) in [6.45, 7) is 1.95. The highest BCUT2D eigenvalue weighted by atomic mass is 16.7. The molecule has 3 N–H and O–H groups in total. The molecule has 0 heterocycles. The summed E-state index contributed by atoms with van der Waals surface area (Å²) in [6.07, 6.45) is 0. The third-order valence-electron chi connectivity index (χ3n) is 2.15. The van der Waals surface area contributed by atoms with Crippen LogP contribution in [0.5, 0.6) is 0 Å². The van der Waals surface area contributed by atoms with E-state index in [2.05, 4.69) is 5.48 Å². The van der Waals surface area contributed by atoms with Crippen LogP contribution in [-0.4, -0.2) is 28.7 Å². The lowest BCUT2D eigenvalue weighted by Crippen LogP contribution is -2.49. The van der Waals surface area contributed by atoms with Crippen LogP contribution in [0.2, 0.25) is 0 Å². The largest absolute Gasteiger partial charge is 0.478 e. The molecule has 0 saturated heterocycles. The van der Waals surface area contributed by atoms with Crippen molar-refractivity contribution in [2.45, 2.75) is 12.5 Å². The minimum atomic E-state index is -2.43. The predicted molar refractivity (Wildman–Crippen MR) is 58.2 cm³/mol. The van der Waals surface area contributed by atoms with Gasteiger partial charge in [0, 0.05) is 12.1 Å². The van der Waals surface area contributed by atoms with Gasteiger partial charge in [-0.05, 0) is 0 Å². The van der Waals surface area contributed by atoms with Gasteiger partial charge in [-0.15, -0.1) is 0 Å². The molecule has 17 heavy (non-hydrogen) atoms. The van der Waals surface area contributed by atoms with Crippen LogP contribution in [-0.2, 0) is 20.0 Å². The minimum absolute atomic E-state index is 0.0425. The van der Waals surface area contributed by atoms with Gasteiger partial charge in [-0.3, -0.25) is 4.84 Å². The zero-order valence-electron chi connectivity index (χ0n) is 9.21. The highest BCUT2D eigenvalue weighted by molar-refractivity contribution is 6.02. The quantitative estimate of drug-likeness (QED) is 0.496. The fraction of sp³-hybridized carbons (Fsp3) is 0.273. The topological polar surface area (TPSA) is 95.9 Å². The summed E-state index contributed by atoms with van der Waals surface area (Å²) in [6, 6.07) is 7.53. The van der Waals surface area contributed by atoms with E-state index in [4.69, 9.17) is 15.1 Å². The fourth-order valence-corrected chi connectivity index (χ4v) is 1.34. The van der Waals surface area contributed by atoms with Crippen LogP contribution in [0.25, 0.3) is 0 Å². The van der Waals surface area contributed by atoms with E-state index >= 15 is 0 Å². The van der Waals surface area contributed by atoms with Crippen LogP contribution in [0.1, 0.15) is 12.5 Å². The second-order valence-electron chi connectivity index (χ2n) is 3.26. The number of hydrogen-bond donors (Lipinski definition) is 3. The molecule has 0 amide bonds. The molecule has 92 valence electrons. The van der Waals surface area contributed by atoms with Gasteiger partial charge in [0.05, 0.1) is 0 Å². The fourth-order valence-electron chi connectivity index (χ4n) is 1.34. The molecule has 1 aromatic rings. The van der Waals surface area contributed by atoms with Gasteiger partial charge in [0.2, 0.25) is 0 Å². The van der Waals surface area contributed by atoms with E-state index in [9.17, 15) is 9.59 Å². The number of benzene rings is 1. The van der Waals surface area contributed by atoms with Gasteiger partial charge in [-0.2, -0.15) is 0 Å². The normalized spacial score (nSPS) is 11.1. The second kappa shape index (κ2) is 5.42. The summed E-state index contributed by atoms with van der Waals surface area (Å²) < 4.78 is 0. The molecule has 6 nitrogen and oxygen atoms in total. The van der Waals surface area contributed by atoms with E-state index in [0.29, 0.717) is 0 Å². The number of carboxylic acid groups (broad SMARTS) is 2. The van der Waals surface area contributed by atoms with Crippen molar-refractivity contribution >= 4 is 11.9 Å². The maximum Gasteiger partial charge on any atom is 0.354 e. The first kappa shape index (κ1) is 13.1. The third kappa shape index (κ3) is 2.43.